The lowest BCUT2D eigenvalue weighted by molar-refractivity contribution is -0.143. The quantitative estimate of drug-likeness (QED) is 0.585. The maximum Gasteiger partial charge on any atom is 0.305 e. The molecule has 0 aliphatic rings. The summed E-state index contributed by atoms with van der Waals surface area (Å²) in [5, 5.41) is 19.2. The standard InChI is InChI=1S/C11H14N4O2/c1-2-17-10(16)4-3-6-13-11-9(8-12)5-7-14-15-11/h5,7H,2-4,6H2,1H3,(H,13,15). The number of aromatic nitrogens is 2. The monoisotopic (exact) mass is 234 g/mol. The number of nitrogens with one attached hydrogen (secondary N) is 1. The lowest BCUT2D eigenvalue weighted by Crippen LogP contribution is -2.10. The van der Waals surface area contributed by atoms with Gasteiger partial charge in [0.15, 0.2) is 5.82 Å². The number of ether oxygens (including phenoxy) is 1. The molecular formula is C11H14N4O2. The number of carbonyl (C=O) groups is 1. The van der Waals surface area contributed by atoms with Crippen molar-refractivity contribution in [1.29, 1.82) is 5.26 Å². The molecule has 6 nitrogen and oxygen atoms in total. The second kappa shape index (κ2) is 7.17. The van der Waals surface area contributed by atoms with Gasteiger partial charge < -0.3 is 10.1 Å². The summed E-state index contributed by atoms with van der Waals surface area (Å²) in [6.07, 6.45) is 2.44. The van der Waals surface area contributed by atoms with Crippen LogP contribution in [-0.4, -0.2) is 29.3 Å². The summed E-state index contributed by atoms with van der Waals surface area (Å²) in [4.78, 5) is 11.0. The highest BCUT2D eigenvalue weighted by atomic mass is 16.5. The summed E-state index contributed by atoms with van der Waals surface area (Å²) in [7, 11) is 0. The van der Waals surface area contributed by atoms with Gasteiger partial charge >= 0.3 is 5.97 Å². The van der Waals surface area contributed by atoms with Crippen LogP contribution in [0.15, 0.2) is 12.3 Å². The van der Waals surface area contributed by atoms with Gasteiger partial charge in [0.1, 0.15) is 6.07 Å². The first-order chi connectivity index (χ1) is 8.27. The zero-order chi connectivity index (χ0) is 12.5. The number of rotatable bonds is 6. The molecule has 0 aromatic carbocycles. The van der Waals surface area contributed by atoms with Crippen molar-refractivity contribution in [2.45, 2.75) is 19.8 Å². The fourth-order valence-electron chi connectivity index (χ4n) is 1.23. The highest BCUT2D eigenvalue weighted by molar-refractivity contribution is 5.69. The molecule has 0 fully saturated rings. The Kier molecular flexibility index (Phi) is 5.44. The molecule has 0 aliphatic carbocycles. The van der Waals surface area contributed by atoms with E-state index in [1.54, 1.807) is 13.0 Å². The molecule has 1 heterocycles. The van der Waals surface area contributed by atoms with E-state index >= 15 is 0 Å². The average molecular weight is 234 g/mol. The predicted molar refractivity (Wildman–Crippen MR) is 61.1 cm³/mol. The van der Waals surface area contributed by atoms with Crippen molar-refractivity contribution in [3.63, 3.8) is 0 Å². The van der Waals surface area contributed by atoms with Crippen LogP contribution in [0, 0.1) is 11.3 Å². The number of anilines is 1. The van der Waals surface area contributed by atoms with Crippen molar-refractivity contribution in [2.24, 2.45) is 0 Å². The highest BCUT2D eigenvalue weighted by Gasteiger charge is 2.04. The van der Waals surface area contributed by atoms with E-state index in [2.05, 4.69) is 15.5 Å². The van der Waals surface area contributed by atoms with Crippen LogP contribution in [0.4, 0.5) is 5.82 Å². The van der Waals surface area contributed by atoms with E-state index in [4.69, 9.17) is 10.00 Å². The second-order valence-electron chi connectivity index (χ2n) is 3.24. The lowest BCUT2D eigenvalue weighted by atomic mass is 10.3. The number of esters is 1. The van der Waals surface area contributed by atoms with Gasteiger partial charge in [-0.3, -0.25) is 4.79 Å². The smallest absolute Gasteiger partial charge is 0.305 e. The third-order valence-corrected chi connectivity index (χ3v) is 2.00. The lowest BCUT2D eigenvalue weighted by Gasteiger charge is -2.05. The first-order valence-corrected chi connectivity index (χ1v) is 5.39. The van der Waals surface area contributed by atoms with E-state index in [1.165, 1.54) is 6.20 Å². The first-order valence-electron chi connectivity index (χ1n) is 5.39. The van der Waals surface area contributed by atoms with Gasteiger partial charge in [-0.1, -0.05) is 0 Å². The molecule has 1 rings (SSSR count). The third kappa shape index (κ3) is 4.47. The molecule has 0 amide bonds. The van der Waals surface area contributed by atoms with Gasteiger partial charge in [-0.15, -0.1) is 5.10 Å². The molecule has 90 valence electrons. The van der Waals surface area contributed by atoms with Crippen molar-refractivity contribution in [2.75, 3.05) is 18.5 Å². The Morgan fingerprint density at radius 1 is 1.65 bits per heavy atom. The summed E-state index contributed by atoms with van der Waals surface area (Å²) < 4.78 is 4.79. The second-order valence-corrected chi connectivity index (χ2v) is 3.24. The molecule has 1 N–H and O–H groups in total. The fourth-order valence-corrected chi connectivity index (χ4v) is 1.23. The minimum absolute atomic E-state index is 0.214. The summed E-state index contributed by atoms with van der Waals surface area (Å²) in [5.41, 5.74) is 0.441. The molecule has 6 heteroatoms. The van der Waals surface area contributed by atoms with Crippen molar-refractivity contribution in [1.82, 2.24) is 10.2 Å². The molecule has 0 radical (unpaired) electrons. The predicted octanol–water partition coefficient (Wildman–Crippen LogP) is 1.10. The van der Waals surface area contributed by atoms with Crippen LogP contribution < -0.4 is 5.32 Å². The fraction of sp³-hybridized carbons (Fsp3) is 0.455. The summed E-state index contributed by atoms with van der Waals surface area (Å²) in [6.45, 7) is 2.72. The van der Waals surface area contributed by atoms with E-state index < -0.39 is 0 Å². The van der Waals surface area contributed by atoms with Gasteiger partial charge in [-0.25, -0.2) is 0 Å². The van der Waals surface area contributed by atoms with Crippen LogP contribution in [-0.2, 0) is 9.53 Å². The van der Waals surface area contributed by atoms with E-state index in [1.807, 2.05) is 6.07 Å². The molecule has 0 saturated heterocycles. The Morgan fingerprint density at radius 2 is 2.47 bits per heavy atom. The van der Waals surface area contributed by atoms with E-state index in [0.717, 1.165) is 0 Å². The molecule has 17 heavy (non-hydrogen) atoms. The van der Waals surface area contributed by atoms with Gasteiger partial charge in [0.05, 0.1) is 18.4 Å². The van der Waals surface area contributed by atoms with E-state index in [9.17, 15) is 4.79 Å². The first kappa shape index (κ1) is 12.9. The molecule has 0 saturated carbocycles. The molecule has 0 bridgehead atoms. The number of nitrogens with zero attached hydrogens (tertiary/aromatic N) is 3. The zero-order valence-corrected chi connectivity index (χ0v) is 9.64. The van der Waals surface area contributed by atoms with Crippen molar-refractivity contribution in [3.8, 4) is 6.07 Å². The summed E-state index contributed by atoms with van der Waals surface area (Å²) >= 11 is 0. The van der Waals surface area contributed by atoms with Crippen LogP contribution >= 0.6 is 0 Å². The molecule has 1 aromatic heterocycles. The molecule has 1 aromatic rings. The van der Waals surface area contributed by atoms with E-state index in [0.29, 0.717) is 37.4 Å². The summed E-state index contributed by atoms with van der Waals surface area (Å²) in [6, 6.07) is 3.59. The number of hydrogen-bond acceptors (Lipinski definition) is 6. The number of nitriles is 1. The molecule has 0 unspecified atom stereocenters. The Labute approximate surface area is 99.6 Å². The van der Waals surface area contributed by atoms with Crippen LogP contribution in [0.5, 0.6) is 0 Å². The van der Waals surface area contributed by atoms with Gasteiger partial charge in [-0.2, -0.15) is 10.4 Å². The largest absolute Gasteiger partial charge is 0.466 e. The number of carbonyl (C=O) groups excluding carboxylic acids is 1. The average Bonchev–Trinajstić information content (AvgIpc) is 2.35. The van der Waals surface area contributed by atoms with Crippen molar-refractivity contribution in [3.05, 3.63) is 17.8 Å². The van der Waals surface area contributed by atoms with Crippen LogP contribution in [0.2, 0.25) is 0 Å². The minimum atomic E-state index is -0.214. The number of hydrogen-bond donors (Lipinski definition) is 1. The van der Waals surface area contributed by atoms with Gasteiger partial charge in [0.25, 0.3) is 0 Å². The molecule has 0 atom stereocenters. The minimum Gasteiger partial charge on any atom is -0.466 e. The Morgan fingerprint density at radius 3 is 3.18 bits per heavy atom. The molecule has 0 aliphatic heterocycles. The SMILES string of the molecule is CCOC(=O)CCCNc1nnccc1C#N. The summed E-state index contributed by atoms with van der Waals surface area (Å²) in [5.74, 6) is 0.229. The van der Waals surface area contributed by atoms with Crippen LogP contribution in [0.1, 0.15) is 25.3 Å². The molecular weight excluding hydrogens is 220 g/mol. The van der Waals surface area contributed by atoms with Crippen molar-refractivity contribution < 1.29 is 9.53 Å². The van der Waals surface area contributed by atoms with Gasteiger partial charge in [-0.05, 0) is 19.4 Å². The Bertz CT molecular complexity index is 414. The van der Waals surface area contributed by atoms with Crippen LogP contribution in [0.25, 0.3) is 0 Å². The molecule has 0 spiro atoms. The zero-order valence-electron chi connectivity index (χ0n) is 9.64. The maximum absolute atomic E-state index is 11.0. The maximum atomic E-state index is 11.0. The van der Waals surface area contributed by atoms with E-state index in [-0.39, 0.29) is 5.97 Å². The van der Waals surface area contributed by atoms with Crippen LogP contribution in [0.3, 0.4) is 0 Å². The topological polar surface area (TPSA) is 87.9 Å². The van der Waals surface area contributed by atoms with Gasteiger partial charge in [0, 0.05) is 13.0 Å². The Balaban J connectivity index is 2.32. The van der Waals surface area contributed by atoms with Crippen molar-refractivity contribution >= 4 is 11.8 Å². The normalized spacial score (nSPS) is 9.41. The highest BCUT2D eigenvalue weighted by Crippen LogP contribution is 2.08. The Hall–Kier alpha value is -2.16. The van der Waals surface area contributed by atoms with Gasteiger partial charge in [0.2, 0.25) is 0 Å². The third-order valence-electron chi connectivity index (χ3n) is 2.00.